The molecule has 3 aromatic heterocycles. The molecule has 4 heterocycles. The SMILES string of the molecule is Cl.NC1CN(c2c(Br)cnc3[nH]cc(NC(=O)c4cccnc4)c23)C1. The van der Waals surface area contributed by atoms with Gasteiger partial charge in [-0.15, -0.1) is 12.4 Å². The van der Waals surface area contributed by atoms with Crippen LogP contribution >= 0.6 is 28.3 Å². The van der Waals surface area contributed by atoms with Crippen molar-refractivity contribution in [3.05, 3.63) is 47.0 Å². The lowest BCUT2D eigenvalue weighted by Gasteiger charge is -2.39. The van der Waals surface area contributed by atoms with Gasteiger partial charge in [0.05, 0.1) is 26.8 Å². The molecule has 0 aliphatic carbocycles. The van der Waals surface area contributed by atoms with E-state index < -0.39 is 0 Å². The Bertz CT molecular complexity index is 910. The number of hydrogen-bond donors (Lipinski definition) is 3. The van der Waals surface area contributed by atoms with Gasteiger partial charge in [0, 0.05) is 43.9 Å². The topological polar surface area (TPSA) is 99.9 Å². The maximum atomic E-state index is 12.4. The van der Waals surface area contributed by atoms with E-state index in [2.05, 4.69) is 41.1 Å². The lowest BCUT2D eigenvalue weighted by atomic mass is 10.1. The Kier molecular flexibility index (Phi) is 4.94. The van der Waals surface area contributed by atoms with E-state index in [0.29, 0.717) is 11.3 Å². The van der Waals surface area contributed by atoms with Crippen LogP contribution < -0.4 is 16.0 Å². The Balaban J connectivity index is 0.00000182. The van der Waals surface area contributed by atoms with Gasteiger partial charge in [-0.25, -0.2) is 4.98 Å². The molecule has 1 aliphatic heterocycles. The molecule has 9 heteroatoms. The molecule has 4 N–H and O–H groups in total. The Labute approximate surface area is 158 Å². The minimum Gasteiger partial charge on any atom is -0.367 e. The predicted molar refractivity (Wildman–Crippen MR) is 103 cm³/mol. The van der Waals surface area contributed by atoms with Gasteiger partial charge in [0.15, 0.2) is 0 Å². The average molecular weight is 424 g/mol. The predicted octanol–water partition coefficient (Wildman–Crippen LogP) is 2.54. The van der Waals surface area contributed by atoms with Gasteiger partial charge in [-0.1, -0.05) is 0 Å². The van der Waals surface area contributed by atoms with E-state index in [1.807, 2.05) is 0 Å². The number of aromatic nitrogens is 3. The number of pyridine rings is 2. The van der Waals surface area contributed by atoms with E-state index in [1.165, 1.54) is 6.20 Å². The zero-order valence-electron chi connectivity index (χ0n) is 13.1. The fourth-order valence-corrected chi connectivity index (χ4v) is 3.40. The fourth-order valence-electron chi connectivity index (χ4n) is 2.85. The summed E-state index contributed by atoms with van der Waals surface area (Å²) in [6.07, 6.45) is 6.68. The maximum absolute atomic E-state index is 12.4. The van der Waals surface area contributed by atoms with Crippen LogP contribution in [0.5, 0.6) is 0 Å². The summed E-state index contributed by atoms with van der Waals surface area (Å²) < 4.78 is 0.873. The summed E-state index contributed by atoms with van der Waals surface area (Å²) in [4.78, 5) is 26.1. The number of rotatable bonds is 3. The van der Waals surface area contributed by atoms with Crippen molar-refractivity contribution in [1.29, 1.82) is 0 Å². The zero-order valence-corrected chi connectivity index (χ0v) is 15.5. The third-order valence-electron chi connectivity index (χ3n) is 4.03. The zero-order chi connectivity index (χ0) is 16.7. The lowest BCUT2D eigenvalue weighted by molar-refractivity contribution is 0.102. The van der Waals surface area contributed by atoms with Gasteiger partial charge in [-0.3, -0.25) is 9.78 Å². The molecule has 1 aliphatic rings. The van der Waals surface area contributed by atoms with Gasteiger partial charge in [0.2, 0.25) is 0 Å². The van der Waals surface area contributed by atoms with Crippen LogP contribution in [0.4, 0.5) is 11.4 Å². The molecule has 1 fully saturated rings. The summed E-state index contributed by atoms with van der Waals surface area (Å²) in [5, 5.41) is 3.80. The average Bonchev–Trinajstić information content (AvgIpc) is 2.96. The molecule has 0 saturated carbocycles. The second kappa shape index (κ2) is 6.99. The number of anilines is 2. The highest BCUT2D eigenvalue weighted by molar-refractivity contribution is 9.10. The number of fused-ring (bicyclic) bond motifs is 1. The van der Waals surface area contributed by atoms with Crippen molar-refractivity contribution >= 4 is 56.7 Å². The molecule has 0 unspecified atom stereocenters. The van der Waals surface area contributed by atoms with Crippen molar-refractivity contribution in [3.63, 3.8) is 0 Å². The first kappa shape index (κ1) is 17.7. The largest absolute Gasteiger partial charge is 0.367 e. The molecule has 1 amide bonds. The van der Waals surface area contributed by atoms with Gasteiger partial charge < -0.3 is 20.9 Å². The molecule has 0 atom stereocenters. The van der Waals surface area contributed by atoms with Crippen molar-refractivity contribution in [3.8, 4) is 0 Å². The number of carbonyl (C=O) groups is 1. The number of nitrogens with two attached hydrogens (primary N) is 1. The van der Waals surface area contributed by atoms with Crippen molar-refractivity contribution in [2.45, 2.75) is 6.04 Å². The van der Waals surface area contributed by atoms with Crippen LogP contribution in [0.3, 0.4) is 0 Å². The van der Waals surface area contributed by atoms with Crippen molar-refractivity contribution < 1.29 is 4.79 Å². The second-order valence-electron chi connectivity index (χ2n) is 5.74. The molecule has 3 aromatic rings. The molecule has 1 saturated heterocycles. The molecule has 0 radical (unpaired) electrons. The normalized spacial score (nSPS) is 14.1. The monoisotopic (exact) mass is 422 g/mol. The molecule has 0 aromatic carbocycles. The molecule has 25 heavy (non-hydrogen) atoms. The Morgan fingerprint density at radius 3 is 2.88 bits per heavy atom. The number of nitrogens with zero attached hydrogens (tertiary/aromatic N) is 3. The number of aromatic amines is 1. The third kappa shape index (κ3) is 3.20. The summed E-state index contributed by atoms with van der Waals surface area (Å²) in [6, 6.07) is 3.63. The molecule has 130 valence electrons. The van der Waals surface area contributed by atoms with Crippen molar-refractivity contribution in [2.24, 2.45) is 5.73 Å². The number of halogens is 2. The minimum absolute atomic E-state index is 0. The number of carbonyl (C=O) groups excluding carboxylic acids is 1. The van der Waals surface area contributed by atoms with Crippen LogP contribution in [0.15, 0.2) is 41.4 Å². The van der Waals surface area contributed by atoms with Crippen molar-refractivity contribution in [1.82, 2.24) is 15.0 Å². The van der Waals surface area contributed by atoms with E-state index in [0.717, 1.165) is 34.3 Å². The number of hydrogen-bond acceptors (Lipinski definition) is 5. The second-order valence-corrected chi connectivity index (χ2v) is 6.60. The summed E-state index contributed by atoms with van der Waals surface area (Å²) in [5.41, 5.74) is 8.81. The van der Waals surface area contributed by atoms with Crippen molar-refractivity contribution in [2.75, 3.05) is 23.3 Å². The summed E-state index contributed by atoms with van der Waals surface area (Å²) in [5.74, 6) is -0.213. The van der Waals surface area contributed by atoms with Crippen LogP contribution in [0.2, 0.25) is 0 Å². The smallest absolute Gasteiger partial charge is 0.257 e. The highest BCUT2D eigenvalue weighted by Gasteiger charge is 2.28. The highest BCUT2D eigenvalue weighted by Crippen LogP contribution is 2.39. The van der Waals surface area contributed by atoms with E-state index >= 15 is 0 Å². The van der Waals surface area contributed by atoms with Gasteiger partial charge >= 0.3 is 0 Å². The summed E-state index contributed by atoms with van der Waals surface area (Å²) in [7, 11) is 0. The van der Waals surface area contributed by atoms with Crippen LogP contribution in [0, 0.1) is 0 Å². The third-order valence-corrected chi connectivity index (χ3v) is 4.61. The van der Waals surface area contributed by atoms with Crippen LogP contribution in [0.25, 0.3) is 11.0 Å². The number of H-pyrrole nitrogens is 1. The highest BCUT2D eigenvalue weighted by atomic mass is 79.9. The number of nitrogens with one attached hydrogen (secondary N) is 2. The summed E-state index contributed by atoms with van der Waals surface area (Å²) >= 11 is 3.56. The van der Waals surface area contributed by atoms with Gasteiger partial charge in [-0.05, 0) is 28.1 Å². The van der Waals surface area contributed by atoms with E-state index in [-0.39, 0.29) is 24.4 Å². The molecule has 0 spiro atoms. The lowest BCUT2D eigenvalue weighted by Crippen LogP contribution is -2.56. The Morgan fingerprint density at radius 2 is 2.20 bits per heavy atom. The standard InChI is InChI=1S/C16H15BrN6O.ClH/c17-11-5-20-15-13(14(11)23-7-10(18)8-23)12(6-21-15)22-16(24)9-2-1-3-19-4-9;/h1-6,10H,7-8,18H2,(H,20,21)(H,22,24);1H. The summed E-state index contributed by atoms with van der Waals surface area (Å²) in [6.45, 7) is 1.55. The van der Waals surface area contributed by atoms with Gasteiger partial charge in [-0.2, -0.15) is 0 Å². The molecule has 4 rings (SSSR count). The molecule has 0 bridgehead atoms. The van der Waals surface area contributed by atoms with E-state index in [4.69, 9.17) is 5.73 Å². The van der Waals surface area contributed by atoms with E-state index in [1.54, 1.807) is 30.7 Å². The number of amides is 1. The first-order chi connectivity index (χ1) is 11.6. The van der Waals surface area contributed by atoms with Gasteiger partial charge in [0.1, 0.15) is 5.65 Å². The first-order valence-corrected chi connectivity index (χ1v) is 8.30. The van der Waals surface area contributed by atoms with Crippen LogP contribution in [-0.2, 0) is 0 Å². The maximum Gasteiger partial charge on any atom is 0.257 e. The quantitative estimate of drug-likeness (QED) is 0.601. The minimum atomic E-state index is -0.213. The van der Waals surface area contributed by atoms with Gasteiger partial charge in [0.25, 0.3) is 5.91 Å². The Morgan fingerprint density at radius 1 is 1.40 bits per heavy atom. The molecule has 7 nitrogen and oxygen atoms in total. The van der Waals surface area contributed by atoms with Crippen LogP contribution in [0.1, 0.15) is 10.4 Å². The first-order valence-electron chi connectivity index (χ1n) is 7.51. The Hall–Kier alpha value is -2.16. The molecular weight excluding hydrogens is 408 g/mol. The molecular formula is C16H16BrClN6O. The van der Waals surface area contributed by atoms with Crippen LogP contribution in [-0.4, -0.2) is 40.0 Å². The van der Waals surface area contributed by atoms with E-state index in [9.17, 15) is 4.79 Å². The fraction of sp³-hybridized carbons (Fsp3) is 0.188.